The fourth-order valence-corrected chi connectivity index (χ4v) is 5.36. The van der Waals surface area contributed by atoms with E-state index in [1.165, 1.54) is 0 Å². The molecule has 1 aromatic carbocycles. The number of rotatable bonds is 4. The third kappa shape index (κ3) is 3.01. The molecule has 0 aliphatic carbocycles. The SMILES string of the molecule is CCS(=O)(=O)C1CSCCN1c1ccc(C)cc1C=O. The van der Waals surface area contributed by atoms with Crippen LogP contribution in [0.1, 0.15) is 22.8 Å². The second-order valence-corrected chi connectivity index (χ2v) is 8.45. The van der Waals surface area contributed by atoms with E-state index in [1.807, 2.05) is 24.0 Å². The van der Waals surface area contributed by atoms with Gasteiger partial charge in [-0.3, -0.25) is 4.79 Å². The standard InChI is InChI=1S/C14H19NO3S2/c1-3-20(17,18)14-10-19-7-6-15(14)13-5-4-11(2)8-12(13)9-16/h4-5,8-9,14H,3,6-7,10H2,1-2H3. The monoisotopic (exact) mass is 313 g/mol. The van der Waals surface area contributed by atoms with E-state index >= 15 is 0 Å². The minimum Gasteiger partial charge on any atom is -0.353 e. The van der Waals surface area contributed by atoms with Crippen LogP contribution in [0.15, 0.2) is 18.2 Å². The van der Waals surface area contributed by atoms with Crippen molar-refractivity contribution in [3.63, 3.8) is 0 Å². The summed E-state index contributed by atoms with van der Waals surface area (Å²) in [6, 6.07) is 5.58. The lowest BCUT2D eigenvalue weighted by Crippen LogP contribution is -2.48. The number of carbonyl (C=O) groups excluding carboxylic acids is 1. The minimum absolute atomic E-state index is 0.122. The predicted octanol–water partition coefficient (Wildman–Crippen LogP) is 2.12. The molecular formula is C14H19NO3S2. The van der Waals surface area contributed by atoms with Gasteiger partial charge in [-0.2, -0.15) is 11.8 Å². The average Bonchev–Trinajstić information content (AvgIpc) is 2.47. The summed E-state index contributed by atoms with van der Waals surface area (Å²) in [7, 11) is -3.16. The Morgan fingerprint density at radius 1 is 1.45 bits per heavy atom. The van der Waals surface area contributed by atoms with Crippen LogP contribution in [0.2, 0.25) is 0 Å². The Balaban J connectivity index is 2.45. The summed E-state index contributed by atoms with van der Waals surface area (Å²) in [5.41, 5.74) is 2.29. The Morgan fingerprint density at radius 2 is 2.20 bits per heavy atom. The molecule has 0 amide bonds. The Labute approximate surface area is 124 Å². The molecule has 110 valence electrons. The number of hydrogen-bond acceptors (Lipinski definition) is 5. The Hall–Kier alpha value is -1.01. The van der Waals surface area contributed by atoms with Crippen LogP contribution < -0.4 is 4.90 Å². The fraction of sp³-hybridized carbons (Fsp3) is 0.500. The van der Waals surface area contributed by atoms with E-state index in [4.69, 9.17) is 0 Å². The number of hydrogen-bond donors (Lipinski definition) is 0. The lowest BCUT2D eigenvalue weighted by atomic mass is 10.1. The Morgan fingerprint density at radius 3 is 2.85 bits per heavy atom. The maximum Gasteiger partial charge on any atom is 0.171 e. The second kappa shape index (κ2) is 6.18. The van der Waals surface area contributed by atoms with Crippen LogP contribution in [0.4, 0.5) is 5.69 Å². The summed E-state index contributed by atoms with van der Waals surface area (Å²) in [5.74, 6) is 1.56. The molecule has 1 aliphatic rings. The molecule has 0 radical (unpaired) electrons. The van der Waals surface area contributed by atoms with Crippen LogP contribution in [-0.2, 0) is 9.84 Å². The molecule has 20 heavy (non-hydrogen) atoms. The molecule has 2 rings (SSSR count). The highest BCUT2D eigenvalue weighted by atomic mass is 32.2. The lowest BCUT2D eigenvalue weighted by Gasteiger charge is -2.37. The maximum atomic E-state index is 12.3. The predicted molar refractivity (Wildman–Crippen MR) is 84.5 cm³/mol. The van der Waals surface area contributed by atoms with Gasteiger partial charge in [0.1, 0.15) is 5.37 Å². The number of anilines is 1. The van der Waals surface area contributed by atoms with Gasteiger partial charge in [0.05, 0.1) is 0 Å². The molecule has 1 saturated heterocycles. The van der Waals surface area contributed by atoms with Gasteiger partial charge in [0.25, 0.3) is 0 Å². The van der Waals surface area contributed by atoms with Gasteiger partial charge in [-0.25, -0.2) is 8.42 Å². The van der Waals surface area contributed by atoms with Crippen molar-refractivity contribution in [1.29, 1.82) is 0 Å². The molecule has 0 saturated carbocycles. The van der Waals surface area contributed by atoms with Crippen molar-refractivity contribution in [2.24, 2.45) is 0 Å². The van der Waals surface area contributed by atoms with E-state index in [0.29, 0.717) is 17.9 Å². The van der Waals surface area contributed by atoms with Gasteiger partial charge in [-0.05, 0) is 19.1 Å². The van der Waals surface area contributed by atoms with Gasteiger partial charge in [-0.15, -0.1) is 0 Å². The molecule has 1 fully saturated rings. The normalized spacial score (nSPS) is 19.9. The average molecular weight is 313 g/mol. The van der Waals surface area contributed by atoms with Crippen molar-refractivity contribution in [1.82, 2.24) is 0 Å². The highest BCUT2D eigenvalue weighted by Crippen LogP contribution is 2.30. The third-order valence-corrected chi connectivity index (χ3v) is 6.81. The summed E-state index contributed by atoms with van der Waals surface area (Å²) >= 11 is 1.65. The molecule has 4 nitrogen and oxygen atoms in total. The van der Waals surface area contributed by atoms with E-state index in [-0.39, 0.29) is 5.75 Å². The molecule has 0 bridgehead atoms. The zero-order valence-corrected chi connectivity index (χ0v) is 13.3. The first kappa shape index (κ1) is 15.4. The van der Waals surface area contributed by atoms with Crippen LogP contribution in [0.5, 0.6) is 0 Å². The Kier molecular flexibility index (Phi) is 4.75. The highest BCUT2D eigenvalue weighted by molar-refractivity contribution is 8.01. The van der Waals surface area contributed by atoms with Crippen molar-refractivity contribution < 1.29 is 13.2 Å². The zero-order valence-electron chi connectivity index (χ0n) is 11.7. The van der Waals surface area contributed by atoms with E-state index in [9.17, 15) is 13.2 Å². The first-order valence-electron chi connectivity index (χ1n) is 6.61. The number of carbonyl (C=O) groups is 1. The van der Waals surface area contributed by atoms with E-state index in [2.05, 4.69) is 0 Å². The van der Waals surface area contributed by atoms with Gasteiger partial charge in [0.2, 0.25) is 0 Å². The summed E-state index contributed by atoms with van der Waals surface area (Å²) in [5, 5.41) is -0.535. The summed E-state index contributed by atoms with van der Waals surface area (Å²) in [6.45, 7) is 4.24. The number of benzene rings is 1. The molecule has 1 aliphatic heterocycles. The van der Waals surface area contributed by atoms with Gasteiger partial charge in [0, 0.05) is 35.1 Å². The Bertz CT molecular complexity index is 598. The second-order valence-electron chi connectivity index (χ2n) is 4.85. The molecule has 6 heteroatoms. The topological polar surface area (TPSA) is 54.5 Å². The van der Waals surface area contributed by atoms with Crippen molar-refractivity contribution in [3.05, 3.63) is 29.3 Å². The number of thioether (sulfide) groups is 1. The molecular weight excluding hydrogens is 294 g/mol. The maximum absolute atomic E-state index is 12.3. The number of aryl methyl sites for hydroxylation is 1. The molecule has 0 N–H and O–H groups in total. The third-order valence-electron chi connectivity index (χ3n) is 3.52. The van der Waals surface area contributed by atoms with Crippen molar-refractivity contribution in [3.8, 4) is 0 Å². The van der Waals surface area contributed by atoms with Crippen LogP contribution in [0, 0.1) is 6.92 Å². The van der Waals surface area contributed by atoms with Crippen LogP contribution >= 0.6 is 11.8 Å². The molecule has 0 spiro atoms. The van der Waals surface area contributed by atoms with E-state index in [0.717, 1.165) is 23.3 Å². The summed E-state index contributed by atoms with van der Waals surface area (Å²) in [6.07, 6.45) is 0.805. The lowest BCUT2D eigenvalue weighted by molar-refractivity contribution is 0.112. The number of nitrogens with zero attached hydrogens (tertiary/aromatic N) is 1. The van der Waals surface area contributed by atoms with Crippen LogP contribution in [0.3, 0.4) is 0 Å². The first-order valence-corrected chi connectivity index (χ1v) is 9.48. The zero-order chi connectivity index (χ0) is 14.8. The minimum atomic E-state index is -3.16. The van der Waals surface area contributed by atoms with E-state index < -0.39 is 15.2 Å². The van der Waals surface area contributed by atoms with Crippen LogP contribution in [0.25, 0.3) is 0 Å². The smallest absolute Gasteiger partial charge is 0.171 e. The fourth-order valence-electron chi connectivity index (χ4n) is 2.38. The molecule has 1 unspecified atom stereocenters. The first-order chi connectivity index (χ1) is 9.49. The molecule has 1 atom stereocenters. The van der Waals surface area contributed by atoms with E-state index in [1.54, 1.807) is 24.8 Å². The van der Waals surface area contributed by atoms with Crippen LogP contribution in [-0.4, -0.2) is 43.9 Å². The van der Waals surface area contributed by atoms with Gasteiger partial charge in [-0.1, -0.05) is 18.6 Å². The molecule has 1 aromatic rings. The molecule has 1 heterocycles. The van der Waals surface area contributed by atoms with Crippen molar-refractivity contribution >= 4 is 33.6 Å². The van der Waals surface area contributed by atoms with Gasteiger partial charge < -0.3 is 4.90 Å². The number of sulfone groups is 1. The quantitative estimate of drug-likeness (QED) is 0.797. The molecule has 0 aromatic heterocycles. The highest BCUT2D eigenvalue weighted by Gasteiger charge is 2.33. The summed E-state index contributed by atoms with van der Waals surface area (Å²) in [4.78, 5) is 13.1. The van der Waals surface area contributed by atoms with Crippen molar-refractivity contribution in [2.45, 2.75) is 19.2 Å². The van der Waals surface area contributed by atoms with Crippen molar-refractivity contribution in [2.75, 3.05) is 28.7 Å². The van der Waals surface area contributed by atoms with Gasteiger partial charge >= 0.3 is 0 Å². The summed E-state index contributed by atoms with van der Waals surface area (Å²) < 4.78 is 24.5. The largest absolute Gasteiger partial charge is 0.353 e. The van der Waals surface area contributed by atoms with Gasteiger partial charge in [0.15, 0.2) is 16.1 Å². The number of aldehydes is 1.